The van der Waals surface area contributed by atoms with E-state index in [-0.39, 0.29) is 12.3 Å². The van der Waals surface area contributed by atoms with Crippen LogP contribution in [0.25, 0.3) is 27.8 Å². The number of aryl methyl sites for hydroxylation is 2. The van der Waals surface area contributed by atoms with Crippen LogP contribution in [-0.4, -0.2) is 23.1 Å². The summed E-state index contributed by atoms with van der Waals surface area (Å²) in [5.74, 6) is -0.102. The Morgan fingerprint density at radius 3 is 2.50 bits per heavy atom. The molecule has 1 atom stereocenters. The van der Waals surface area contributed by atoms with Crippen molar-refractivity contribution in [2.75, 3.05) is 7.05 Å². The van der Waals surface area contributed by atoms with E-state index in [0.29, 0.717) is 11.3 Å². The number of allylic oxidation sites excluding steroid dienone is 6. The molecule has 1 unspecified atom stereocenters. The monoisotopic (exact) mass is 464 g/mol. The fourth-order valence-corrected chi connectivity index (χ4v) is 4.83. The Morgan fingerprint density at radius 1 is 1.03 bits per heavy atom. The van der Waals surface area contributed by atoms with Crippen LogP contribution in [0.2, 0.25) is 0 Å². The standard InChI is InChI=1S/C28H27F3N2O/c1-16-6-9-21-22-10-7-17(2)32-26(22)34-25(21)23(16)24-20-11-8-18(14-19(20)12-13-33(24)5)15-27(3,4)28(29,30)31/h6-14,19H,15H2,1-5H3. The third-order valence-electron chi connectivity index (χ3n) is 6.88. The number of halogens is 3. The van der Waals surface area contributed by atoms with Gasteiger partial charge in [0.25, 0.3) is 0 Å². The predicted molar refractivity (Wildman–Crippen MR) is 130 cm³/mol. The molecular formula is C28H27F3N2O. The highest BCUT2D eigenvalue weighted by molar-refractivity contribution is 6.08. The Labute approximate surface area is 196 Å². The number of nitrogens with zero attached hydrogens (tertiary/aromatic N) is 2. The summed E-state index contributed by atoms with van der Waals surface area (Å²) in [6.45, 7) is 6.49. The predicted octanol–water partition coefficient (Wildman–Crippen LogP) is 7.86. The number of rotatable bonds is 3. The molecule has 34 heavy (non-hydrogen) atoms. The van der Waals surface area contributed by atoms with Gasteiger partial charge in [0.15, 0.2) is 0 Å². The third kappa shape index (κ3) is 3.56. The van der Waals surface area contributed by atoms with Gasteiger partial charge in [-0.25, -0.2) is 4.98 Å². The molecule has 0 radical (unpaired) electrons. The molecule has 1 aromatic carbocycles. The lowest BCUT2D eigenvalue weighted by Gasteiger charge is -2.33. The summed E-state index contributed by atoms with van der Waals surface area (Å²) in [6, 6.07) is 8.15. The van der Waals surface area contributed by atoms with Gasteiger partial charge in [0, 0.05) is 41.2 Å². The maximum Gasteiger partial charge on any atom is 0.394 e. The van der Waals surface area contributed by atoms with E-state index in [4.69, 9.17) is 4.42 Å². The van der Waals surface area contributed by atoms with Gasteiger partial charge in [-0.05, 0) is 43.5 Å². The minimum atomic E-state index is -4.26. The topological polar surface area (TPSA) is 29.3 Å². The summed E-state index contributed by atoms with van der Waals surface area (Å²) >= 11 is 0. The average Bonchev–Trinajstić information content (AvgIpc) is 3.11. The molecule has 3 nitrogen and oxygen atoms in total. The Bertz CT molecular complexity index is 1430. The normalized spacial score (nSPS) is 18.8. The summed E-state index contributed by atoms with van der Waals surface area (Å²) in [7, 11) is 1.98. The van der Waals surface area contributed by atoms with Crippen LogP contribution in [0.4, 0.5) is 13.2 Å². The molecule has 0 bridgehead atoms. The summed E-state index contributed by atoms with van der Waals surface area (Å²) < 4.78 is 46.7. The number of alkyl halides is 3. The second-order valence-corrected chi connectivity index (χ2v) is 9.96. The van der Waals surface area contributed by atoms with Crippen molar-refractivity contribution in [1.29, 1.82) is 0 Å². The molecule has 0 amide bonds. The molecule has 5 rings (SSSR count). The SMILES string of the molecule is Cc1ccc2c(n1)oc1c(C3=C4C=CC(CC(C)(C)C(F)(F)F)=CC4C=CN3C)c(C)ccc12. The number of hydrogen-bond acceptors (Lipinski definition) is 3. The molecule has 6 heteroatoms. The van der Waals surface area contributed by atoms with Crippen molar-refractivity contribution >= 4 is 27.8 Å². The van der Waals surface area contributed by atoms with Gasteiger partial charge in [0.05, 0.1) is 11.1 Å². The van der Waals surface area contributed by atoms with E-state index in [9.17, 15) is 13.2 Å². The molecule has 0 saturated carbocycles. The van der Waals surface area contributed by atoms with Crippen LogP contribution < -0.4 is 0 Å². The molecule has 0 saturated heterocycles. The van der Waals surface area contributed by atoms with Crippen molar-refractivity contribution in [1.82, 2.24) is 9.88 Å². The quantitative estimate of drug-likeness (QED) is 0.395. The smallest absolute Gasteiger partial charge is 0.394 e. The fourth-order valence-electron chi connectivity index (χ4n) is 4.83. The summed E-state index contributed by atoms with van der Waals surface area (Å²) in [5, 5.41) is 1.97. The summed E-state index contributed by atoms with van der Waals surface area (Å²) in [5.41, 5.74) is 5.26. The number of hydrogen-bond donors (Lipinski definition) is 0. The largest absolute Gasteiger partial charge is 0.437 e. The van der Waals surface area contributed by atoms with E-state index in [1.165, 1.54) is 13.8 Å². The van der Waals surface area contributed by atoms with Crippen molar-refractivity contribution < 1.29 is 17.6 Å². The van der Waals surface area contributed by atoms with Gasteiger partial charge in [-0.1, -0.05) is 55.9 Å². The summed E-state index contributed by atoms with van der Waals surface area (Å²) in [4.78, 5) is 6.63. The average molecular weight is 465 g/mol. The number of fused-ring (bicyclic) bond motifs is 4. The molecule has 1 aliphatic heterocycles. The van der Waals surface area contributed by atoms with Crippen molar-refractivity contribution in [3.63, 3.8) is 0 Å². The zero-order valence-corrected chi connectivity index (χ0v) is 19.9. The minimum Gasteiger partial charge on any atom is -0.437 e. The molecule has 0 N–H and O–H groups in total. The first-order valence-corrected chi connectivity index (χ1v) is 11.4. The molecular weight excluding hydrogens is 437 g/mol. The van der Waals surface area contributed by atoms with Gasteiger partial charge in [-0.3, -0.25) is 0 Å². The Balaban J connectivity index is 1.64. The lowest BCUT2D eigenvalue weighted by atomic mass is 9.79. The van der Waals surface area contributed by atoms with Crippen LogP contribution >= 0.6 is 0 Å². The number of pyridine rings is 1. The Kier molecular flexibility index (Phi) is 5.04. The van der Waals surface area contributed by atoms with E-state index in [0.717, 1.165) is 44.4 Å². The first-order valence-electron chi connectivity index (χ1n) is 11.4. The highest BCUT2D eigenvalue weighted by atomic mass is 19.4. The molecule has 2 aromatic heterocycles. The van der Waals surface area contributed by atoms with E-state index in [2.05, 4.69) is 28.9 Å². The summed E-state index contributed by atoms with van der Waals surface area (Å²) in [6.07, 6.45) is 5.43. The highest BCUT2D eigenvalue weighted by Crippen LogP contribution is 2.46. The maximum absolute atomic E-state index is 13.5. The van der Waals surface area contributed by atoms with Gasteiger partial charge in [-0.2, -0.15) is 13.2 Å². The molecule has 3 heterocycles. The second kappa shape index (κ2) is 7.62. The van der Waals surface area contributed by atoms with Crippen LogP contribution in [0.5, 0.6) is 0 Å². The van der Waals surface area contributed by atoms with Gasteiger partial charge >= 0.3 is 6.18 Å². The highest BCUT2D eigenvalue weighted by Gasteiger charge is 2.47. The van der Waals surface area contributed by atoms with Crippen molar-refractivity contribution in [3.8, 4) is 0 Å². The molecule has 1 aliphatic carbocycles. The first kappa shape index (κ1) is 22.5. The maximum atomic E-state index is 13.5. The van der Waals surface area contributed by atoms with Crippen molar-refractivity contribution in [3.05, 3.63) is 82.7 Å². The molecule has 2 aliphatic rings. The van der Waals surface area contributed by atoms with E-state index in [1.54, 1.807) is 0 Å². The van der Waals surface area contributed by atoms with Crippen LogP contribution in [0.1, 0.15) is 37.1 Å². The van der Waals surface area contributed by atoms with Gasteiger partial charge in [0.1, 0.15) is 5.58 Å². The number of aromatic nitrogens is 1. The molecule has 3 aromatic rings. The fraction of sp³-hybridized carbons (Fsp3) is 0.321. The van der Waals surface area contributed by atoms with Gasteiger partial charge in [0.2, 0.25) is 5.71 Å². The Morgan fingerprint density at radius 2 is 1.76 bits per heavy atom. The zero-order chi connectivity index (χ0) is 24.4. The van der Waals surface area contributed by atoms with Gasteiger partial charge in [-0.15, -0.1) is 0 Å². The first-order chi connectivity index (χ1) is 16.0. The molecule has 0 fully saturated rings. The Hall–Kier alpha value is -3.28. The number of furan rings is 1. The second-order valence-electron chi connectivity index (χ2n) is 9.96. The van der Waals surface area contributed by atoms with Crippen molar-refractivity contribution in [2.24, 2.45) is 11.3 Å². The molecule has 0 spiro atoms. The molecule has 176 valence electrons. The van der Waals surface area contributed by atoms with Crippen LogP contribution in [0.3, 0.4) is 0 Å². The minimum absolute atomic E-state index is 0.0566. The van der Waals surface area contributed by atoms with Gasteiger partial charge < -0.3 is 9.32 Å². The zero-order valence-electron chi connectivity index (χ0n) is 19.9. The van der Waals surface area contributed by atoms with E-state index < -0.39 is 11.6 Å². The van der Waals surface area contributed by atoms with E-state index in [1.807, 2.05) is 56.6 Å². The van der Waals surface area contributed by atoms with Crippen LogP contribution in [0, 0.1) is 25.2 Å². The lowest BCUT2D eigenvalue weighted by molar-refractivity contribution is -0.210. The lowest BCUT2D eigenvalue weighted by Crippen LogP contribution is -2.32. The van der Waals surface area contributed by atoms with Crippen LogP contribution in [-0.2, 0) is 0 Å². The van der Waals surface area contributed by atoms with E-state index >= 15 is 0 Å². The third-order valence-corrected chi connectivity index (χ3v) is 6.88. The van der Waals surface area contributed by atoms with Crippen molar-refractivity contribution in [2.45, 2.75) is 40.3 Å². The van der Waals surface area contributed by atoms with Crippen LogP contribution in [0.15, 0.2) is 70.3 Å². The number of benzene rings is 1.